The third-order valence-electron chi connectivity index (χ3n) is 4.02. The van der Waals surface area contributed by atoms with Crippen molar-refractivity contribution in [3.63, 3.8) is 0 Å². The molecular formula is C14H20N4O2. The van der Waals surface area contributed by atoms with Gasteiger partial charge in [0.2, 0.25) is 0 Å². The topological polar surface area (TPSA) is 74.5 Å². The summed E-state index contributed by atoms with van der Waals surface area (Å²) in [5.74, 6) is 0.390. The normalized spacial score (nSPS) is 16.9. The number of rotatable bonds is 3. The van der Waals surface area contributed by atoms with E-state index in [4.69, 9.17) is 10.5 Å². The third kappa shape index (κ3) is 2.25. The van der Waals surface area contributed by atoms with Gasteiger partial charge in [0.15, 0.2) is 0 Å². The number of aromatic nitrogens is 3. The lowest BCUT2D eigenvalue weighted by Crippen LogP contribution is -2.21. The van der Waals surface area contributed by atoms with E-state index in [9.17, 15) is 4.79 Å². The minimum Gasteiger partial charge on any atom is -0.381 e. The smallest absolute Gasteiger partial charge is 0.274 e. The second-order valence-electron chi connectivity index (χ2n) is 5.30. The lowest BCUT2D eigenvalue weighted by atomic mass is 9.97. The molecule has 0 radical (unpaired) electrons. The molecule has 0 atom stereocenters. The molecule has 1 aliphatic rings. The molecule has 1 fully saturated rings. The van der Waals surface area contributed by atoms with Crippen LogP contribution < -0.4 is 11.3 Å². The van der Waals surface area contributed by atoms with Crippen molar-refractivity contribution in [2.75, 3.05) is 19.8 Å². The first-order valence-corrected chi connectivity index (χ1v) is 7.07. The van der Waals surface area contributed by atoms with Crippen LogP contribution in [0.4, 0.5) is 0 Å². The van der Waals surface area contributed by atoms with Crippen molar-refractivity contribution in [2.24, 2.45) is 12.8 Å². The summed E-state index contributed by atoms with van der Waals surface area (Å²) in [5, 5.41) is 4.49. The first-order valence-electron chi connectivity index (χ1n) is 7.07. The fourth-order valence-corrected chi connectivity index (χ4v) is 2.82. The van der Waals surface area contributed by atoms with E-state index in [-0.39, 0.29) is 5.56 Å². The molecule has 0 aliphatic carbocycles. The van der Waals surface area contributed by atoms with Gasteiger partial charge in [0.05, 0.1) is 5.69 Å². The SMILES string of the molecule is Cn1c(CCN)cc(=O)n2nc(C3CCOCC3)cc12. The molecule has 2 N–H and O–H groups in total. The largest absolute Gasteiger partial charge is 0.381 e. The Kier molecular flexibility index (Phi) is 3.58. The maximum absolute atomic E-state index is 12.1. The first kappa shape index (κ1) is 13.3. The predicted molar refractivity (Wildman–Crippen MR) is 76.0 cm³/mol. The summed E-state index contributed by atoms with van der Waals surface area (Å²) in [6.07, 6.45) is 2.63. The number of hydrogen-bond donors (Lipinski definition) is 1. The lowest BCUT2D eigenvalue weighted by molar-refractivity contribution is 0.0844. The zero-order valence-corrected chi connectivity index (χ0v) is 11.7. The van der Waals surface area contributed by atoms with Crippen molar-refractivity contribution in [3.05, 3.63) is 33.9 Å². The van der Waals surface area contributed by atoms with Crippen LogP contribution in [0.3, 0.4) is 0 Å². The molecule has 0 spiro atoms. The van der Waals surface area contributed by atoms with Gasteiger partial charge in [-0.05, 0) is 19.4 Å². The summed E-state index contributed by atoms with van der Waals surface area (Å²) >= 11 is 0. The molecule has 0 aromatic carbocycles. The molecule has 20 heavy (non-hydrogen) atoms. The second-order valence-corrected chi connectivity index (χ2v) is 5.30. The summed E-state index contributed by atoms with van der Waals surface area (Å²) in [6, 6.07) is 3.65. The molecule has 0 bridgehead atoms. The quantitative estimate of drug-likeness (QED) is 0.882. The molecule has 2 aromatic heterocycles. The van der Waals surface area contributed by atoms with E-state index in [1.807, 2.05) is 17.7 Å². The Bertz CT molecular complexity index is 668. The Morgan fingerprint density at radius 3 is 2.85 bits per heavy atom. The van der Waals surface area contributed by atoms with Gasteiger partial charge >= 0.3 is 0 Å². The van der Waals surface area contributed by atoms with Gasteiger partial charge in [0.25, 0.3) is 5.56 Å². The summed E-state index contributed by atoms with van der Waals surface area (Å²) in [4.78, 5) is 12.1. The molecular weight excluding hydrogens is 256 g/mol. The molecule has 1 saturated heterocycles. The van der Waals surface area contributed by atoms with Gasteiger partial charge in [0, 0.05) is 50.4 Å². The second kappa shape index (κ2) is 5.38. The zero-order chi connectivity index (χ0) is 14.1. The van der Waals surface area contributed by atoms with E-state index < -0.39 is 0 Å². The minimum absolute atomic E-state index is 0.0835. The van der Waals surface area contributed by atoms with Gasteiger partial charge in [-0.25, -0.2) is 0 Å². The number of ether oxygens (including phenoxy) is 1. The van der Waals surface area contributed by atoms with Crippen LogP contribution in [0.5, 0.6) is 0 Å². The number of nitrogens with two attached hydrogens (primary N) is 1. The highest BCUT2D eigenvalue weighted by atomic mass is 16.5. The first-order chi connectivity index (χ1) is 9.70. The van der Waals surface area contributed by atoms with E-state index in [1.165, 1.54) is 4.52 Å². The van der Waals surface area contributed by atoms with Gasteiger partial charge in [-0.3, -0.25) is 4.79 Å². The Morgan fingerprint density at radius 2 is 2.15 bits per heavy atom. The van der Waals surface area contributed by atoms with Gasteiger partial charge in [-0.15, -0.1) is 0 Å². The molecule has 0 saturated carbocycles. The average molecular weight is 276 g/mol. The standard InChI is InChI=1S/C14H20N4O2/c1-17-11(2-5-15)8-14(19)18-13(17)9-12(16-18)10-3-6-20-7-4-10/h8-10H,2-7,15H2,1H3. The summed E-state index contributed by atoms with van der Waals surface area (Å²) in [6.45, 7) is 2.07. The highest BCUT2D eigenvalue weighted by molar-refractivity contribution is 5.42. The fraction of sp³-hybridized carbons (Fsp3) is 0.571. The van der Waals surface area contributed by atoms with E-state index in [0.717, 1.165) is 43.1 Å². The monoisotopic (exact) mass is 276 g/mol. The Balaban J connectivity index is 2.07. The van der Waals surface area contributed by atoms with Gasteiger partial charge < -0.3 is 15.0 Å². The van der Waals surface area contributed by atoms with Crippen LogP contribution in [-0.4, -0.2) is 33.9 Å². The Labute approximate surface area is 117 Å². The molecule has 6 heteroatoms. The van der Waals surface area contributed by atoms with Crippen molar-refractivity contribution in [3.8, 4) is 0 Å². The highest BCUT2D eigenvalue weighted by Gasteiger charge is 2.20. The maximum atomic E-state index is 12.1. The van der Waals surface area contributed by atoms with Crippen LogP contribution in [0, 0.1) is 0 Å². The van der Waals surface area contributed by atoms with Crippen molar-refractivity contribution in [2.45, 2.75) is 25.2 Å². The van der Waals surface area contributed by atoms with Crippen LogP contribution in [0.2, 0.25) is 0 Å². The Morgan fingerprint density at radius 1 is 1.40 bits per heavy atom. The minimum atomic E-state index is -0.0835. The van der Waals surface area contributed by atoms with Crippen LogP contribution in [0.25, 0.3) is 5.65 Å². The predicted octanol–water partition coefficient (Wildman–Crippen LogP) is 0.428. The molecule has 108 valence electrons. The van der Waals surface area contributed by atoms with Gasteiger partial charge in [0.1, 0.15) is 5.65 Å². The van der Waals surface area contributed by atoms with Gasteiger partial charge in [-0.2, -0.15) is 9.61 Å². The number of fused-ring (bicyclic) bond motifs is 1. The molecule has 6 nitrogen and oxygen atoms in total. The van der Waals surface area contributed by atoms with Gasteiger partial charge in [-0.1, -0.05) is 0 Å². The summed E-state index contributed by atoms with van der Waals surface area (Å²) in [7, 11) is 1.95. The summed E-state index contributed by atoms with van der Waals surface area (Å²) in [5.41, 5.74) is 8.29. The molecule has 2 aromatic rings. The van der Waals surface area contributed by atoms with Crippen molar-refractivity contribution in [1.29, 1.82) is 0 Å². The van der Waals surface area contributed by atoms with E-state index in [0.29, 0.717) is 18.9 Å². The van der Waals surface area contributed by atoms with Crippen molar-refractivity contribution >= 4 is 5.65 Å². The Hall–Kier alpha value is -1.66. The molecule has 1 aliphatic heterocycles. The van der Waals surface area contributed by atoms with E-state index >= 15 is 0 Å². The number of hydrogen-bond acceptors (Lipinski definition) is 4. The van der Waals surface area contributed by atoms with Crippen LogP contribution in [0.1, 0.15) is 30.1 Å². The fourth-order valence-electron chi connectivity index (χ4n) is 2.82. The summed E-state index contributed by atoms with van der Waals surface area (Å²) < 4.78 is 8.87. The molecule has 3 heterocycles. The highest BCUT2D eigenvalue weighted by Crippen LogP contribution is 2.26. The lowest BCUT2D eigenvalue weighted by Gasteiger charge is -2.19. The van der Waals surface area contributed by atoms with Crippen LogP contribution in [-0.2, 0) is 18.2 Å². The maximum Gasteiger partial charge on any atom is 0.274 e. The van der Waals surface area contributed by atoms with Crippen molar-refractivity contribution in [1.82, 2.24) is 14.2 Å². The molecule has 0 amide bonds. The average Bonchev–Trinajstić information content (AvgIpc) is 2.92. The number of nitrogens with zero attached hydrogens (tertiary/aromatic N) is 3. The molecule has 0 unspecified atom stereocenters. The van der Waals surface area contributed by atoms with Crippen molar-refractivity contribution < 1.29 is 4.74 Å². The molecule has 3 rings (SSSR count). The number of aryl methyl sites for hydroxylation is 1. The van der Waals surface area contributed by atoms with Crippen LogP contribution >= 0.6 is 0 Å². The van der Waals surface area contributed by atoms with Crippen LogP contribution in [0.15, 0.2) is 16.9 Å². The van der Waals surface area contributed by atoms with E-state index in [2.05, 4.69) is 5.10 Å². The zero-order valence-electron chi connectivity index (χ0n) is 11.7. The van der Waals surface area contributed by atoms with E-state index in [1.54, 1.807) is 6.07 Å². The third-order valence-corrected chi connectivity index (χ3v) is 4.02.